The van der Waals surface area contributed by atoms with Gasteiger partial charge in [-0.25, -0.2) is 8.42 Å². The second-order valence-corrected chi connectivity index (χ2v) is 8.24. The van der Waals surface area contributed by atoms with Crippen LogP contribution in [0.25, 0.3) is 0 Å². The van der Waals surface area contributed by atoms with Crippen LogP contribution in [0.4, 0.5) is 5.69 Å². The summed E-state index contributed by atoms with van der Waals surface area (Å²) in [6.45, 7) is 3.93. The van der Waals surface area contributed by atoms with Crippen LogP contribution in [-0.4, -0.2) is 38.4 Å². The van der Waals surface area contributed by atoms with Gasteiger partial charge in [0.1, 0.15) is 4.21 Å². The molecular weight excluding hydrogens is 304 g/mol. The van der Waals surface area contributed by atoms with Crippen molar-refractivity contribution in [2.75, 3.05) is 24.5 Å². The normalized spacial score (nSPS) is 20.6. The van der Waals surface area contributed by atoms with E-state index < -0.39 is 10.0 Å². The van der Waals surface area contributed by atoms with Crippen LogP contribution in [0.3, 0.4) is 0 Å². The van der Waals surface area contributed by atoms with Crippen molar-refractivity contribution in [3.8, 4) is 0 Å². The number of rotatable bonds is 3. The van der Waals surface area contributed by atoms with Crippen LogP contribution in [0.1, 0.15) is 6.92 Å². The Kier molecular flexibility index (Phi) is 4.01. The molecule has 6 heteroatoms. The van der Waals surface area contributed by atoms with Crippen molar-refractivity contribution in [1.82, 2.24) is 4.31 Å². The van der Waals surface area contributed by atoms with Crippen LogP contribution in [0.15, 0.2) is 52.1 Å². The quantitative estimate of drug-likeness (QED) is 0.872. The van der Waals surface area contributed by atoms with Gasteiger partial charge < -0.3 is 4.90 Å². The molecule has 0 aliphatic carbocycles. The van der Waals surface area contributed by atoms with Crippen LogP contribution >= 0.6 is 11.3 Å². The van der Waals surface area contributed by atoms with Gasteiger partial charge in [0, 0.05) is 31.4 Å². The summed E-state index contributed by atoms with van der Waals surface area (Å²) >= 11 is 1.28. The van der Waals surface area contributed by atoms with Crippen LogP contribution in [0, 0.1) is 0 Å². The predicted molar refractivity (Wildman–Crippen MR) is 86.3 cm³/mol. The van der Waals surface area contributed by atoms with Crippen LogP contribution in [0.5, 0.6) is 0 Å². The van der Waals surface area contributed by atoms with E-state index in [0.29, 0.717) is 17.3 Å². The molecule has 1 aliphatic heterocycles. The molecular formula is C15H18N2O2S2. The summed E-state index contributed by atoms with van der Waals surface area (Å²) in [5.41, 5.74) is 1.15. The number of nitrogens with zero attached hydrogens (tertiary/aromatic N) is 2. The standard InChI is InChI=1S/C15H18N2O2S2/c1-13-12-16(14-6-3-2-4-7-14)9-10-17(13)21(18,19)15-8-5-11-20-15/h2-8,11,13H,9-10,12H2,1H3. The van der Waals surface area contributed by atoms with Gasteiger partial charge in [-0.3, -0.25) is 0 Å². The molecule has 0 bridgehead atoms. The highest BCUT2D eigenvalue weighted by molar-refractivity contribution is 7.91. The Morgan fingerprint density at radius 1 is 1.10 bits per heavy atom. The minimum atomic E-state index is -3.35. The molecule has 0 radical (unpaired) electrons. The summed E-state index contributed by atoms with van der Waals surface area (Å²) in [7, 11) is -3.35. The largest absolute Gasteiger partial charge is 0.369 e. The van der Waals surface area contributed by atoms with Crippen LogP contribution < -0.4 is 4.90 Å². The van der Waals surface area contributed by atoms with Gasteiger partial charge in [0.25, 0.3) is 10.0 Å². The van der Waals surface area contributed by atoms with E-state index in [4.69, 9.17) is 0 Å². The molecule has 1 saturated heterocycles. The van der Waals surface area contributed by atoms with E-state index in [-0.39, 0.29) is 6.04 Å². The van der Waals surface area contributed by atoms with E-state index >= 15 is 0 Å². The Morgan fingerprint density at radius 2 is 1.86 bits per heavy atom. The molecule has 1 atom stereocenters. The van der Waals surface area contributed by atoms with Crippen LogP contribution in [-0.2, 0) is 10.0 Å². The average molecular weight is 322 g/mol. The lowest BCUT2D eigenvalue weighted by molar-refractivity contribution is 0.307. The van der Waals surface area contributed by atoms with Crippen molar-refractivity contribution in [1.29, 1.82) is 0 Å². The maximum absolute atomic E-state index is 12.6. The minimum Gasteiger partial charge on any atom is -0.369 e. The fourth-order valence-electron chi connectivity index (χ4n) is 2.70. The lowest BCUT2D eigenvalue weighted by atomic mass is 10.2. The van der Waals surface area contributed by atoms with Gasteiger partial charge in [-0.2, -0.15) is 4.31 Å². The zero-order valence-electron chi connectivity index (χ0n) is 11.8. The topological polar surface area (TPSA) is 40.6 Å². The number of para-hydroxylation sites is 1. The van der Waals surface area contributed by atoms with Crippen molar-refractivity contribution >= 4 is 27.0 Å². The lowest BCUT2D eigenvalue weighted by Gasteiger charge is -2.39. The Bertz CT molecular complexity index is 684. The summed E-state index contributed by atoms with van der Waals surface area (Å²) < 4.78 is 27.3. The molecule has 1 aliphatic rings. The average Bonchev–Trinajstić information content (AvgIpc) is 3.03. The molecule has 4 nitrogen and oxygen atoms in total. The number of benzene rings is 1. The summed E-state index contributed by atoms with van der Waals surface area (Å²) in [5.74, 6) is 0. The predicted octanol–water partition coefficient (Wildman–Crippen LogP) is 2.65. The third-order valence-corrected chi connectivity index (χ3v) is 7.13. The Morgan fingerprint density at radius 3 is 2.48 bits per heavy atom. The van der Waals surface area contributed by atoms with Gasteiger partial charge in [-0.1, -0.05) is 24.3 Å². The molecule has 21 heavy (non-hydrogen) atoms. The van der Waals surface area contributed by atoms with Crippen molar-refractivity contribution < 1.29 is 8.42 Å². The van der Waals surface area contributed by atoms with E-state index in [2.05, 4.69) is 17.0 Å². The summed E-state index contributed by atoms with van der Waals surface area (Å²) in [5, 5.41) is 1.80. The second kappa shape index (κ2) is 5.79. The molecule has 0 amide bonds. The monoisotopic (exact) mass is 322 g/mol. The van der Waals surface area contributed by atoms with E-state index in [1.165, 1.54) is 11.3 Å². The van der Waals surface area contributed by atoms with Crippen molar-refractivity contribution in [3.63, 3.8) is 0 Å². The van der Waals surface area contributed by atoms with Gasteiger partial charge >= 0.3 is 0 Å². The number of piperazine rings is 1. The molecule has 1 unspecified atom stereocenters. The third-order valence-electron chi connectivity index (χ3n) is 3.75. The Labute approximate surface area is 129 Å². The molecule has 0 saturated carbocycles. The number of sulfonamides is 1. The Hall–Kier alpha value is -1.37. The molecule has 3 rings (SSSR count). The van der Waals surface area contributed by atoms with Gasteiger partial charge in [-0.05, 0) is 30.5 Å². The molecule has 1 aromatic heterocycles. The first kappa shape index (κ1) is 14.6. The van der Waals surface area contributed by atoms with E-state index in [1.807, 2.05) is 25.1 Å². The maximum atomic E-state index is 12.6. The first-order valence-electron chi connectivity index (χ1n) is 6.94. The van der Waals surface area contributed by atoms with E-state index in [1.54, 1.807) is 21.8 Å². The van der Waals surface area contributed by atoms with E-state index in [9.17, 15) is 8.42 Å². The van der Waals surface area contributed by atoms with Gasteiger partial charge in [0.15, 0.2) is 0 Å². The van der Waals surface area contributed by atoms with Crippen molar-refractivity contribution in [2.24, 2.45) is 0 Å². The summed E-state index contributed by atoms with van der Waals surface area (Å²) in [6.07, 6.45) is 0. The maximum Gasteiger partial charge on any atom is 0.252 e. The van der Waals surface area contributed by atoms with Crippen molar-refractivity contribution in [3.05, 3.63) is 47.8 Å². The zero-order valence-corrected chi connectivity index (χ0v) is 13.5. The van der Waals surface area contributed by atoms with Crippen molar-refractivity contribution in [2.45, 2.75) is 17.2 Å². The number of hydrogen-bond donors (Lipinski definition) is 0. The minimum absolute atomic E-state index is 0.0361. The van der Waals surface area contributed by atoms with Gasteiger partial charge in [0.2, 0.25) is 0 Å². The highest BCUT2D eigenvalue weighted by atomic mass is 32.2. The molecule has 0 N–H and O–H groups in total. The number of anilines is 1. The summed E-state index contributed by atoms with van der Waals surface area (Å²) in [6, 6.07) is 13.6. The summed E-state index contributed by atoms with van der Waals surface area (Å²) in [4.78, 5) is 2.24. The fraction of sp³-hybridized carbons (Fsp3) is 0.333. The Balaban J connectivity index is 1.78. The third kappa shape index (κ3) is 2.84. The zero-order chi connectivity index (χ0) is 14.9. The first-order valence-corrected chi connectivity index (χ1v) is 9.26. The smallest absolute Gasteiger partial charge is 0.252 e. The molecule has 1 fully saturated rings. The van der Waals surface area contributed by atoms with Crippen LogP contribution in [0.2, 0.25) is 0 Å². The SMILES string of the molecule is CC1CN(c2ccccc2)CCN1S(=O)(=O)c1cccs1. The molecule has 112 valence electrons. The van der Waals surface area contributed by atoms with Gasteiger partial charge in [0.05, 0.1) is 0 Å². The molecule has 1 aromatic carbocycles. The molecule has 2 aromatic rings. The molecule has 2 heterocycles. The number of hydrogen-bond acceptors (Lipinski definition) is 4. The lowest BCUT2D eigenvalue weighted by Crippen LogP contribution is -2.53. The highest BCUT2D eigenvalue weighted by Crippen LogP contribution is 2.26. The number of thiophene rings is 1. The first-order chi connectivity index (χ1) is 10.1. The van der Waals surface area contributed by atoms with Gasteiger partial charge in [-0.15, -0.1) is 11.3 Å². The van der Waals surface area contributed by atoms with E-state index in [0.717, 1.165) is 12.2 Å². The molecule has 0 spiro atoms. The fourth-order valence-corrected chi connectivity index (χ4v) is 5.43. The second-order valence-electron chi connectivity index (χ2n) is 5.18. The highest BCUT2D eigenvalue weighted by Gasteiger charge is 2.34.